The van der Waals surface area contributed by atoms with E-state index >= 15 is 0 Å². The molecule has 0 aliphatic carbocycles. The Kier molecular flexibility index (Phi) is 4.74. The van der Waals surface area contributed by atoms with Crippen LogP contribution in [-0.4, -0.2) is 22.7 Å². The maximum absolute atomic E-state index is 11.6. The third kappa shape index (κ3) is 5.76. The van der Waals surface area contributed by atoms with E-state index in [0.29, 0.717) is 0 Å². The number of carbonyl (C=O) groups excluding carboxylic acids is 2. The summed E-state index contributed by atoms with van der Waals surface area (Å²) < 4.78 is 5.06. The lowest BCUT2D eigenvalue weighted by molar-refractivity contribution is 0.0375. The minimum Gasteiger partial charge on any atom is -0.443 e. The SMILES string of the molecule is CC(C)(C)OC(=O)NN(Cc1ccccc1)C(N)=O. The standard InChI is InChI=1S/C13H19N3O3/c1-13(2,3)19-12(18)15-16(11(14)17)9-10-7-5-4-6-8-10/h4-8H,9H2,1-3H3,(H2,14,17)(H,15,18). The molecule has 0 unspecified atom stereocenters. The second-order valence-corrected chi connectivity index (χ2v) is 5.02. The van der Waals surface area contributed by atoms with Crippen molar-refractivity contribution in [3.63, 3.8) is 0 Å². The van der Waals surface area contributed by atoms with Gasteiger partial charge in [-0.1, -0.05) is 30.3 Å². The molecule has 0 saturated heterocycles. The van der Waals surface area contributed by atoms with Gasteiger partial charge in [-0.2, -0.15) is 0 Å². The molecule has 3 amide bonds. The van der Waals surface area contributed by atoms with E-state index in [1.807, 2.05) is 30.3 Å². The van der Waals surface area contributed by atoms with Crippen molar-refractivity contribution in [3.8, 4) is 0 Å². The minimum absolute atomic E-state index is 0.176. The van der Waals surface area contributed by atoms with E-state index in [9.17, 15) is 9.59 Å². The summed E-state index contributed by atoms with van der Waals surface area (Å²) in [5, 5.41) is 1.00. The normalized spacial score (nSPS) is 10.7. The number of nitrogens with zero attached hydrogens (tertiary/aromatic N) is 1. The van der Waals surface area contributed by atoms with Gasteiger partial charge in [0.1, 0.15) is 5.60 Å². The molecular weight excluding hydrogens is 246 g/mol. The smallest absolute Gasteiger partial charge is 0.426 e. The van der Waals surface area contributed by atoms with Gasteiger partial charge in [0.2, 0.25) is 0 Å². The molecule has 0 atom stereocenters. The molecule has 3 N–H and O–H groups in total. The monoisotopic (exact) mass is 265 g/mol. The van der Waals surface area contributed by atoms with Crippen LogP contribution in [0.1, 0.15) is 26.3 Å². The molecule has 0 aliphatic rings. The minimum atomic E-state index is -0.755. The fraction of sp³-hybridized carbons (Fsp3) is 0.385. The summed E-state index contributed by atoms with van der Waals surface area (Å²) in [5.41, 5.74) is 7.74. The molecule has 0 heterocycles. The lowest BCUT2D eigenvalue weighted by Gasteiger charge is -2.25. The highest BCUT2D eigenvalue weighted by Crippen LogP contribution is 2.07. The number of urea groups is 1. The van der Waals surface area contributed by atoms with Crippen molar-refractivity contribution in [2.24, 2.45) is 5.73 Å². The molecule has 1 rings (SSSR count). The first-order valence-corrected chi connectivity index (χ1v) is 5.88. The highest BCUT2D eigenvalue weighted by atomic mass is 16.6. The predicted molar refractivity (Wildman–Crippen MR) is 70.9 cm³/mol. The number of hydrazine groups is 1. The third-order valence-corrected chi connectivity index (χ3v) is 2.07. The topological polar surface area (TPSA) is 84.7 Å². The van der Waals surface area contributed by atoms with Crippen LogP contribution in [0.4, 0.5) is 9.59 Å². The van der Waals surface area contributed by atoms with E-state index in [2.05, 4.69) is 5.43 Å². The van der Waals surface area contributed by atoms with Crippen molar-refractivity contribution in [2.45, 2.75) is 32.9 Å². The van der Waals surface area contributed by atoms with Crippen molar-refractivity contribution < 1.29 is 14.3 Å². The third-order valence-electron chi connectivity index (χ3n) is 2.07. The van der Waals surface area contributed by atoms with Crippen LogP contribution in [0.5, 0.6) is 0 Å². The number of amides is 3. The first kappa shape index (κ1) is 14.8. The van der Waals surface area contributed by atoms with Crippen molar-refractivity contribution >= 4 is 12.1 Å². The Morgan fingerprint density at radius 3 is 2.32 bits per heavy atom. The summed E-state index contributed by atoms with van der Waals surface area (Å²) in [6, 6.07) is 8.43. The van der Waals surface area contributed by atoms with Gasteiger partial charge in [-0.15, -0.1) is 0 Å². The van der Waals surface area contributed by atoms with Crippen LogP contribution in [-0.2, 0) is 11.3 Å². The van der Waals surface area contributed by atoms with Gasteiger partial charge in [-0.3, -0.25) is 0 Å². The van der Waals surface area contributed by atoms with Crippen molar-refractivity contribution in [1.29, 1.82) is 0 Å². The zero-order valence-electron chi connectivity index (χ0n) is 11.3. The average molecular weight is 265 g/mol. The molecule has 6 heteroatoms. The fourth-order valence-corrected chi connectivity index (χ4v) is 1.35. The quantitative estimate of drug-likeness (QED) is 0.802. The fourth-order valence-electron chi connectivity index (χ4n) is 1.35. The number of benzene rings is 1. The molecule has 6 nitrogen and oxygen atoms in total. The highest BCUT2D eigenvalue weighted by Gasteiger charge is 2.20. The molecule has 19 heavy (non-hydrogen) atoms. The van der Waals surface area contributed by atoms with Gasteiger partial charge < -0.3 is 10.5 Å². The molecule has 0 aliphatic heterocycles. The van der Waals surface area contributed by atoms with Crippen molar-refractivity contribution in [2.75, 3.05) is 0 Å². The lowest BCUT2D eigenvalue weighted by atomic mass is 10.2. The molecule has 0 bridgehead atoms. The number of hydrogen-bond acceptors (Lipinski definition) is 3. The van der Waals surface area contributed by atoms with E-state index in [1.165, 1.54) is 0 Å². The molecule has 1 aromatic carbocycles. The van der Waals surface area contributed by atoms with Gasteiger partial charge >= 0.3 is 12.1 Å². The number of carbonyl (C=O) groups is 2. The molecule has 104 valence electrons. The number of ether oxygens (including phenoxy) is 1. The van der Waals surface area contributed by atoms with Crippen molar-refractivity contribution in [3.05, 3.63) is 35.9 Å². The second-order valence-electron chi connectivity index (χ2n) is 5.02. The number of rotatable bonds is 2. The number of hydrogen-bond donors (Lipinski definition) is 2. The van der Waals surface area contributed by atoms with Crippen molar-refractivity contribution in [1.82, 2.24) is 10.4 Å². The average Bonchev–Trinajstić information content (AvgIpc) is 2.26. The molecule has 1 aromatic rings. The Balaban J connectivity index is 2.64. The summed E-state index contributed by atoms with van der Waals surface area (Å²) in [6.07, 6.45) is -0.720. The van der Waals surface area contributed by atoms with Crippen LogP contribution in [0.3, 0.4) is 0 Å². The Labute approximate surface area is 112 Å². The van der Waals surface area contributed by atoms with E-state index in [1.54, 1.807) is 20.8 Å². The number of nitrogens with two attached hydrogens (primary N) is 1. The van der Waals surface area contributed by atoms with Gasteiger partial charge in [0.25, 0.3) is 0 Å². The number of nitrogens with one attached hydrogen (secondary N) is 1. The highest BCUT2D eigenvalue weighted by molar-refractivity contribution is 5.76. The van der Waals surface area contributed by atoms with Gasteiger partial charge in [0.05, 0.1) is 6.54 Å². The maximum atomic E-state index is 11.6. The summed E-state index contributed by atoms with van der Waals surface area (Å²) in [6.45, 7) is 5.38. The first-order chi connectivity index (χ1) is 8.78. The Hall–Kier alpha value is -2.24. The Morgan fingerprint density at radius 1 is 1.26 bits per heavy atom. The largest absolute Gasteiger partial charge is 0.443 e. The predicted octanol–water partition coefficient (Wildman–Crippen LogP) is 2.01. The van der Waals surface area contributed by atoms with E-state index < -0.39 is 17.7 Å². The van der Waals surface area contributed by atoms with E-state index in [0.717, 1.165) is 10.6 Å². The van der Waals surface area contributed by atoms with Gasteiger partial charge in [0, 0.05) is 0 Å². The van der Waals surface area contributed by atoms with Crippen LogP contribution in [0.25, 0.3) is 0 Å². The molecule has 0 aromatic heterocycles. The zero-order valence-corrected chi connectivity index (χ0v) is 11.3. The maximum Gasteiger partial charge on any atom is 0.426 e. The molecule has 0 spiro atoms. The lowest BCUT2D eigenvalue weighted by Crippen LogP contribution is -2.49. The molecular formula is C13H19N3O3. The summed E-state index contributed by atoms with van der Waals surface area (Å²) in [4.78, 5) is 22.9. The van der Waals surface area contributed by atoms with Crippen LogP contribution < -0.4 is 11.2 Å². The summed E-state index contributed by atoms with van der Waals surface area (Å²) in [7, 11) is 0. The van der Waals surface area contributed by atoms with Gasteiger partial charge in [0.15, 0.2) is 0 Å². The van der Waals surface area contributed by atoms with Crippen LogP contribution in [0, 0.1) is 0 Å². The first-order valence-electron chi connectivity index (χ1n) is 5.88. The summed E-state index contributed by atoms with van der Waals surface area (Å²) >= 11 is 0. The Bertz CT molecular complexity index is 440. The number of primary amides is 1. The van der Waals surface area contributed by atoms with E-state index in [-0.39, 0.29) is 6.54 Å². The molecule has 0 saturated carbocycles. The Morgan fingerprint density at radius 2 is 1.84 bits per heavy atom. The molecule has 0 radical (unpaired) electrons. The van der Waals surface area contributed by atoms with Crippen LogP contribution in [0.2, 0.25) is 0 Å². The van der Waals surface area contributed by atoms with E-state index in [4.69, 9.17) is 10.5 Å². The summed E-state index contributed by atoms with van der Waals surface area (Å²) in [5.74, 6) is 0. The van der Waals surface area contributed by atoms with Gasteiger partial charge in [-0.05, 0) is 26.3 Å². The second kappa shape index (κ2) is 6.08. The van der Waals surface area contributed by atoms with Crippen LogP contribution in [0.15, 0.2) is 30.3 Å². The molecule has 0 fully saturated rings. The van der Waals surface area contributed by atoms with Gasteiger partial charge in [-0.25, -0.2) is 20.0 Å². The zero-order chi connectivity index (χ0) is 14.5. The van der Waals surface area contributed by atoms with Crippen LogP contribution >= 0.6 is 0 Å².